The van der Waals surface area contributed by atoms with Gasteiger partial charge in [-0.15, -0.1) is 0 Å². The highest BCUT2D eigenvalue weighted by Crippen LogP contribution is 2.28. The van der Waals surface area contributed by atoms with Crippen LogP contribution >= 0.6 is 0 Å². The summed E-state index contributed by atoms with van der Waals surface area (Å²) in [6.45, 7) is 1.91. The first-order chi connectivity index (χ1) is 13.5. The van der Waals surface area contributed by atoms with Gasteiger partial charge in [0.05, 0.1) is 23.3 Å². The molecule has 1 heterocycles. The van der Waals surface area contributed by atoms with Crippen molar-refractivity contribution in [2.75, 3.05) is 14.1 Å². The highest BCUT2D eigenvalue weighted by molar-refractivity contribution is 5.90. The summed E-state index contributed by atoms with van der Waals surface area (Å²) in [7, 11) is 3.81. The topological polar surface area (TPSA) is 65.1 Å². The van der Waals surface area contributed by atoms with Crippen LogP contribution < -0.4 is 0 Å². The van der Waals surface area contributed by atoms with Gasteiger partial charge in [0.2, 0.25) is 6.29 Å². The maximum Gasteiger partial charge on any atom is 0.340 e. The van der Waals surface area contributed by atoms with E-state index in [2.05, 4.69) is 0 Å². The summed E-state index contributed by atoms with van der Waals surface area (Å²) in [5, 5.41) is 0. The van der Waals surface area contributed by atoms with Gasteiger partial charge in [-0.05, 0) is 51.7 Å². The largest absolute Gasteiger partial charge is 0.450 e. The van der Waals surface area contributed by atoms with Crippen molar-refractivity contribution in [2.24, 2.45) is 0 Å². The Hall–Kier alpha value is -2.70. The minimum absolute atomic E-state index is 0.146. The molecule has 2 aromatic carbocycles. The van der Waals surface area contributed by atoms with Gasteiger partial charge in [-0.25, -0.2) is 9.59 Å². The van der Waals surface area contributed by atoms with Crippen LogP contribution in [0, 0.1) is 0 Å². The van der Waals surface area contributed by atoms with Gasteiger partial charge in [-0.2, -0.15) is 0 Å². The van der Waals surface area contributed by atoms with E-state index < -0.39 is 24.3 Å². The zero-order valence-corrected chi connectivity index (χ0v) is 16.3. The van der Waals surface area contributed by atoms with Crippen LogP contribution in [0.25, 0.3) is 0 Å². The molecule has 1 aliphatic heterocycles. The highest BCUT2D eigenvalue weighted by Gasteiger charge is 2.43. The van der Waals surface area contributed by atoms with Gasteiger partial charge in [0, 0.05) is 0 Å². The van der Waals surface area contributed by atoms with Gasteiger partial charge < -0.3 is 19.1 Å². The second-order valence-corrected chi connectivity index (χ2v) is 7.09. The second kappa shape index (κ2) is 8.99. The number of ether oxygens (including phenoxy) is 3. The molecule has 3 rings (SSSR count). The number of nitrogens with zero attached hydrogens (tertiary/aromatic N) is 1. The van der Waals surface area contributed by atoms with Crippen molar-refractivity contribution in [2.45, 2.75) is 37.9 Å². The molecule has 148 valence electrons. The van der Waals surface area contributed by atoms with E-state index in [9.17, 15) is 9.59 Å². The minimum atomic E-state index is -0.989. The lowest BCUT2D eigenvalue weighted by Gasteiger charge is -2.42. The van der Waals surface area contributed by atoms with Crippen LogP contribution in [0.15, 0.2) is 60.7 Å². The van der Waals surface area contributed by atoms with Crippen molar-refractivity contribution in [1.29, 1.82) is 0 Å². The minimum Gasteiger partial charge on any atom is -0.450 e. The van der Waals surface area contributed by atoms with E-state index in [-0.39, 0.29) is 12.1 Å². The number of carbonyl (C=O) groups is 2. The maximum atomic E-state index is 12.6. The van der Waals surface area contributed by atoms with Gasteiger partial charge in [-0.1, -0.05) is 36.4 Å². The zero-order valence-electron chi connectivity index (χ0n) is 16.3. The first-order valence-corrected chi connectivity index (χ1v) is 9.29. The normalized spacial score (nSPS) is 24.6. The van der Waals surface area contributed by atoms with E-state index in [1.807, 2.05) is 38.1 Å². The van der Waals surface area contributed by atoms with Crippen LogP contribution in [-0.2, 0) is 14.2 Å². The van der Waals surface area contributed by atoms with E-state index in [1.165, 1.54) is 0 Å². The monoisotopic (exact) mass is 383 g/mol. The molecule has 0 aliphatic carbocycles. The molecule has 4 atom stereocenters. The van der Waals surface area contributed by atoms with Gasteiger partial charge in [0.25, 0.3) is 0 Å². The van der Waals surface area contributed by atoms with Gasteiger partial charge in [0.15, 0.2) is 6.10 Å². The zero-order chi connectivity index (χ0) is 20.1. The molecule has 0 aromatic heterocycles. The fourth-order valence-electron chi connectivity index (χ4n) is 3.26. The van der Waals surface area contributed by atoms with Crippen molar-refractivity contribution < 1.29 is 23.8 Å². The SMILES string of the molecule is C[C@@H]1C[C@H](N(C)C)[C@@H](OC(=O)c2ccccc2)C(OC(=O)c2ccccc2)O1. The Balaban J connectivity index is 1.81. The van der Waals surface area contributed by atoms with Crippen molar-refractivity contribution in [1.82, 2.24) is 4.90 Å². The van der Waals surface area contributed by atoms with E-state index >= 15 is 0 Å². The summed E-state index contributed by atoms with van der Waals surface area (Å²) >= 11 is 0. The number of esters is 2. The molecular formula is C22H25NO5. The lowest BCUT2D eigenvalue weighted by molar-refractivity contribution is -0.229. The first kappa shape index (κ1) is 20.0. The van der Waals surface area contributed by atoms with Crippen molar-refractivity contribution in [3.05, 3.63) is 71.8 Å². The Bertz CT molecular complexity index is 793. The number of benzene rings is 2. The summed E-state index contributed by atoms with van der Waals surface area (Å²) in [6.07, 6.45) is -1.23. The predicted octanol–water partition coefficient (Wildman–Crippen LogP) is 3.13. The molecule has 0 spiro atoms. The van der Waals surface area contributed by atoms with Crippen LogP contribution in [-0.4, -0.2) is 55.5 Å². The highest BCUT2D eigenvalue weighted by atomic mass is 16.7. The quantitative estimate of drug-likeness (QED) is 0.739. The van der Waals surface area contributed by atoms with Gasteiger partial charge in [0.1, 0.15) is 0 Å². The molecule has 2 aromatic rings. The average molecular weight is 383 g/mol. The second-order valence-electron chi connectivity index (χ2n) is 7.09. The summed E-state index contributed by atoms with van der Waals surface area (Å²) in [4.78, 5) is 27.1. The molecule has 1 saturated heterocycles. The molecule has 6 heteroatoms. The van der Waals surface area contributed by atoms with Gasteiger partial charge >= 0.3 is 11.9 Å². The van der Waals surface area contributed by atoms with Gasteiger partial charge in [-0.3, -0.25) is 0 Å². The molecule has 0 amide bonds. The summed E-state index contributed by atoms with van der Waals surface area (Å²) in [5.74, 6) is -0.991. The first-order valence-electron chi connectivity index (χ1n) is 9.29. The maximum absolute atomic E-state index is 12.6. The Kier molecular flexibility index (Phi) is 6.44. The fourth-order valence-corrected chi connectivity index (χ4v) is 3.26. The van der Waals surface area contributed by atoms with Crippen LogP contribution in [0.5, 0.6) is 0 Å². The number of rotatable bonds is 5. The molecule has 0 radical (unpaired) electrons. The van der Waals surface area contributed by atoms with E-state index in [0.717, 1.165) is 0 Å². The van der Waals surface area contributed by atoms with E-state index in [1.54, 1.807) is 48.5 Å². The third kappa shape index (κ3) is 4.77. The van der Waals surface area contributed by atoms with E-state index in [4.69, 9.17) is 14.2 Å². The smallest absolute Gasteiger partial charge is 0.340 e. The van der Waals surface area contributed by atoms with Crippen LogP contribution in [0.2, 0.25) is 0 Å². The fraction of sp³-hybridized carbons (Fsp3) is 0.364. The summed E-state index contributed by atoms with van der Waals surface area (Å²) in [6, 6.07) is 17.3. The Morgan fingerprint density at radius 3 is 1.89 bits per heavy atom. The molecule has 0 N–H and O–H groups in total. The van der Waals surface area contributed by atoms with Crippen LogP contribution in [0.3, 0.4) is 0 Å². The number of carbonyl (C=O) groups excluding carboxylic acids is 2. The Labute approximate surface area is 165 Å². The molecule has 1 aliphatic rings. The third-order valence-corrected chi connectivity index (χ3v) is 4.74. The number of likely N-dealkylation sites (N-methyl/N-ethyl adjacent to an activating group) is 1. The lowest BCUT2D eigenvalue weighted by Crippen LogP contribution is -2.56. The molecule has 6 nitrogen and oxygen atoms in total. The van der Waals surface area contributed by atoms with Crippen LogP contribution in [0.4, 0.5) is 0 Å². The average Bonchev–Trinajstić information content (AvgIpc) is 2.70. The van der Waals surface area contributed by atoms with E-state index in [0.29, 0.717) is 17.5 Å². The molecule has 0 bridgehead atoms. The third-order valence-electron chi connectivity index (χ3n) is 4.74. The van der Waals surface area contributed by atoms with Crippen molar-refractivity contribution in [3.63, 3.8) is 0 Å². The molecule has 0 saturated carbocycles. The summed E-state index contributed by atoms with van der Waals surface area (Å²) in [5.41, 5.74) is 0.852. The summed E-state index contributed by atoms with van der Waals surface area (Å²) < 4.78 is 17.2. The predicted molar refractivity (Wildman–Crippen MR) is 104 cm³/mol. The standard InChI is InChI=1S/C22H25NO5/c1-15-14-18(23(2)3)19(27-20(24)16-10-6-4-7-11-16)22(26-15)28-21(25)17-12-8-5-9-13-17/h4-13,15,18-19,22H,14H2,1-3H3/t15-,18+,19-,22?/m1/s1. The van der Waals surface area contributed by atoms with Crippen molar-refractivity contribution in [3.8, 4) is 0 Å². The lowest BCUT2D eigenvalue weighted by atomic mass is 9.99. The molecule has 28 heavy (non-hydrogen) atoms. The Morgan fingerprint density at radius 1 is 0.893 bits per heavy atom. The molecular weight excluding hydrogens is 358 g/mol. The van der Waals surface area contributed by atoms with Crippen LogP contribution in [0.1, 0.15) is 34.1 Å². The number of hydrogen-bond acceptors (Lipinski definition) is 6. The number of hydrogen-bond donors (Lipinski definition) is 0. The molecule has 1 unspecified atom stereocenters. The Morgan fingerprint density at radius 2 is 1.39 bits per heavy atom. The van der Waals surface area contributed by atoms with Crippen molar-refractivity contribution >= 4 is 11.9 Å². The molecule has 1 fully saturated rings.